The van der Waals surface area contributed by atoms with Gasteiger partial charge in [-0.3, -0.25) is 0 Å². The molecule has 0 amide bonds. The smallest absolute Gasteiger partial charge is 0.229 e. The Bertz CT molecular complexity index is 916. The van der Waals surface area contributed by atoms with Crippen LogP contribution >= 0.6 is 0 Å². The molecule has 0 aromatic heterocycles. The summed E-state index contributed by atoms with van der Waals surface area (Å²) < 4.78 is 35.9. The van der Waals surface area contributed by atoms with E-state index in [-0.39, 0.29) is 11.5 Å². The third-order valence-corrected chi connectivity index (χ3v) is 4.94. The number of aliphatic hydroxyl groups is 4. The van der Waals surface area contributed by atoms with E-state index < -0.39 is 43.1 Å². The average Bonchev–Trinajstić information content (AvgIpc) is 2.79. The first kappa shape index (κ1) is 23.0. The van der Waals surface area contributed by atoms with E-state index in [9.17, 15) is 24.8 Å². The van der Waals surface area contributed by atoms with Crippen molar-refractivity contribution in [1.82, 2.24) is 0 Å². The molecule has 0 saturated carbocycles. The highest BCUT2D eigenvalue weighted by Gasteiger charge is 2.45. The lowest BCUT2D eigenvalue weighted by Gasteiger charge is -2.39. The second-order valence-corrected chi connectivity index (χ2v) is 6.92. The highest BCUT2D eigenvalue weighted by Crippen LogP contribution is 2.39. The van der Waals surface area contributed by atoms with Gasteiger partial charge in [-0.05, 0) is 12.1 Å². The number of halogens is 1. The molecule has 1 aliphatic heterocycles. The first-order chi connectivity index (χ1) is 14.9. The molecule has 1 unspecified atom stereocenters. The van der Waals surface area contributed by atoms with Crippen LogP contribution in [0, 0.1) is 5.82 Å². The first-order valence-corrected chi connectivity index (χ1v) is 9.55. The quantitative estimate of drug-likeness (QED) is 0.478. The van der Waals surface area contributed by atoms with Crippen molar-refractivity contribution in [2.24, 2.45) is 0 Å². The second-order valence-electron chi connectivity index (χ2n) is 6.92. The molecule has 5 atom stereocenters. The van der Waals surface area contributed by atoms with E-state index in [1.54, 1.807) is 36.4 Å². The summed E-state index contributed by atoms with van der Waals surface area (Å²) in [5.74, 6) is 0.376. The summed E-state index contributed by atoms with van der Waals surface area (Å²) in [6.07, 6.45) is -4.17. The number of hydrogen-bond acceptors (Lipinski definition) is 8. The van der Waals surface area contributed by atoms with Crippen LogP contribution in [0.4, 0.5) is 4.39 Å². The second kappa shape index (κ2) is 10.1. The predicted octanol–water partition coefficient (Wildman–Crippen LogP) is 1.19. The van der Waals surface area contributed by atoms with Gasteiger partial charge in [0.1, 0.15) is 36.0 Å². The van der Waals surface area contributed by atoms with Gasteiger partial charge in [0.15, 0.2) is 11.5 Å². The third-order valence-electron chi connectivity index (χ3n) is 4.94. The maximum Gasteiger partial charge on any atom is 0.229 e. The Balaban J connectivity index is 1.99. The van der Waals surface area contributed by atoms with Crippen LogP contribution in [0.3, 0.4) is 0 Å². The van der Waals surface area contributed by atoms with Crippen LogP contribution in [0.2, 0.25) is 0 Å². The van der Waals surface area contributed by atoms with Gasteiger partial charge >= 0.3 is 0 Å². The van der Waals surface area contributed by atoms with E-state index in [4.69, 9.17) is 18.9 Å². The lowest BCUT2D eigenvalue weighted by Crippen LogP contribution is -2.60. The van der Waals surface area contributed by atoms with Crippen molar-refractivity contribution in [3.63, 3.8) is 0 Å². The SMILES string of the molecule is COc1cc(/C=C/c2ccccc2F)c(OC2O[C@H](CO)[C@@H](O)[C@H](O)[C@H]2O)c(OC)c1. The van der Waals surface area contributed by atoms with Crippen LogP contribution in [0.5, 0.6) is 17.2 Å². The van der Waals surface area contributed by atoms with Crippen molar-refractivity contribution in [3.8, 4) is 17.2 Å². The first-order valence-electron chi connectivity index (χ1n) is 9.55. The highest BCUT2D eigenvalue weighted by molar-refractivity contribution is 5.75. The van der Waals surface area contributed by atoms with Gasteiger partial charge in [-0.1, -0.05) is 30.4 Å². The standard InChI is InChI=1S/C22H25FO8/c1-28-14-9-13(8-7-12-5-3-4-6-15(12)23)21(16(10-14)29-2)31-22-20(27)19(26)18(25)17(11-24)30-22/h3-10,17-20,22,24-27H,11H2,1-2H3/b8-7+/t17-,18-,19+,20-,22?/m1/s1. The van der Waals surface area contributed by atoms with Crippen LogP contribution in [-0.2, 0) is 4.74 Å². The zero-order chi connectivity index (χ0) is 22.5. The lowest BCUT2D eigenvalue weighted by atomic mass is 9.99. The molecule has 0 bridgehead atoms. The molecule has 1 saturated heterocycles. The molecule has 4 N–H and O–H groups in total. The van der Waals surface area contributed by atoms with Crippen molar-refractivity contribution in [1.29, 1.82) is 0 Å². The number of hydrogen-bond donors (Lipinski definition) is 4. The van der Waals surface area contributed by atoms with Gasteiger partial charge in [0, 0.05) is 17.2 Å². The lowest BCUT2D eigenvalue weighted by molar-refractivity contribution is -0.277. The molecular weight excluding hydrogens is 411 g/mol. The number of aliphatic hydroxyl groups excluding tert-OH is 4. The molecule has 168 valence electrons. The average molecular weight is 436 g/mol. The molecule has 1 heterocycles. The summed E-state index contributed by atoms with van der Waals surface area (Å²) in [5, 5.41) is 39.7. The zero-order valence-electron chi connectivity index (χ0n) is 17.0. The third kappa shape index (κ3) is 4.97. The molecular formula is C22H25FO8. The Morgan fingerprint density at radius 1 is 0.968 bits per heavy atom. The van der Waals surface area contributed by atoms with Gasteiger partial charge in [-0.25, -0.2) is 4.39 Å². The van der Waals surface area contributed by atoms with Gasteiger partial charge in [0.05, 0.1) is 20.8 Å². The van der Waals surface area contributed by atoms with Crippen LogP contribution in [0.1, 0.15) is 11.1 Å². The van der Waals surface area contributed by atoms with Gasteiger partial charge in [0.25, 0.3) is 0 Å². The van der Waals surface area contributed by atoms with Crippen molar-refractivity contribution in [3.05, 3.63) is 53.3 Å². The number of benzene rings is 2. The number of rotatable bonds is 7. The normalized spacial score (nSPS) is 26.1. The monoisotopic (exact) mass is 436 g/mol. The fourth-order valence-corrected chi connectivity index (χ4v) is 3.19. The topological polar surface area (TPSA) is 118 Å². The van der Waals surface area contributed by atoms with E-state index in [0.29, 0.717) is 16.9 Å². The maximum atomic E-state index is 14.0. The Morgan fingerprint density at radius 3 is 2.32 bits per heavy atom. The summed E-state index contributed by atoms with van der Waals surface area (Å²) in [5.41, 5.74) is 0.750. The minimum atomic E-state index is -1.60. The zero-order valence-corrected chi connectivity index (χ0v) is 17.0. The highest BCUT2D eigenvalue weighted by atomic mass is 19.1. The Hall–Kier alpha value is -2.69. The minimum absolute atomic E-state index is 0.125. The molecule has 2 aromatic carbocycles. The van der Waals surface area contributed by atoms with Crippen molar-refractivity contribution >= 4 is 12.2 Å². The van der Waals surface area contributed by atoms with E-state index >= 15 is 0 Å². The summed E-state index contributed by atoms with van der Waals surface area (Å²) in [6.45, 7) is -0.593. The van der Waals surface area contributed by atoms with E-state index in [1.807, 2.05) is 0 Å². The van der Waals surface area contributed by atoms with Gasteiger partial charge in [-0.2, -0.15) is 0 Å². The molecule has 1 fully saturated rings. The number of ether oxygens (including phenoxy) is 4. The summed E-state index contributed by atoms with van der Waals surface area (Å²) >= 11 is 0. The molecule has 3 rings (SSSR count). The number of methoxy groups -OCH3 is 2. The Labute approximate surface area is 178 Å². The van der Waals surface area contributed by atoms with Crippen molar-refractivity contribution < 1.29 is 43.8 Å². The van der Waals surface area contributed by atoms with Crippen LogP contribution in [-0.4, -0.2) is 72.0 Å². The molecule has 8 nitrogen and oxygen atoms in total. The fourth-order valence-electron chi connectivity index (χ4n) is 3.19. The van der Waals surface area contributed by atoms with Crippen molar-refractivity contribution in [2.75, 3.05) is 20.8 Å². The molecule has 2 aromatic rings. The molecule has 0 spiro atoms. The van der Waals surface area contributed by atoms with E-state index in [1.165, 1.54) is 26.4 Å². The van der Waals surface area contributed by atoms with Gasteiger partial charge in [-0.15, -0.1) is 0 Å². The Morgan fingerprint density at radius 2 is 1.68 bits per heavy atom. The largest absolute Gasteiger partial charge is 0.497 e. The van der Waals surface area contributed by atoms with Crippen LogP contribution in [0.25, 0.3) is 12.2 Å². The van der Waals surface area contributed by atoms with E-state index in [0.717, 1.165) is 0 Å². The van der Waals surface area contributed by atoms with Crippen LogP contribution in [0.15, 0.2) is 36.4 Å². The summed E-state index contributed by atoms with van der Waals surface area (Å²) in [6, 6.07) is 9.35. The Kier molecular flexibility index (Phi) is 7.47. The van der Waals surface area contributed by atoms with Gasteiger partial charge < -0.3 is 39.4 Å². The maximum absolute atomic E-state index is 14.0. The minimum Gasteiger partial charge on any atom is -0.497 e. The van der Waals surface area contributed by atoms with Gasteiger partial charge in [0.2, 0.25) is 6.29 Å². The van der Waals surface area contributed by atoms with E-state index in [2.05, 4.69) is 0 Å². The van der Waals surface area contributed by atoms with Crippen molar-refractivity contribution in [2.45, 2.75) is 30.7 Å². The predicted molar refractivity (Wildman–Crippen MR) is 109 cm³/mol. The summed E-state index contributed by atoms with van der Waals surface area (Å²) in [4.78, 5) is 0. The van der Waals surface area contributed by atoms with Crippen LogP contribution < -0.4 is 14.2 Å². The fraction of sp³-hybridized carbons (Fsp3) is 0.364. The molecule has 0 aliphatic carbocycles. The molecule has 9 heteroatoms. The summed E-state index contributed by atoms with van der Waals surface area (Å²) in [7, 11) is 2.87. The molecule has 0 radical (unpaired) electrons. The molecule has 1 aliphatic rings. The molecule has 31 heavy (non-hydrogen) atoms.